The number of nitrogens with zero attached hydrogens (tertiary/aromatic N) is 2. The molecule has 1 aromatic rings. The molecule has 0 fully saturated rings. The first kappa shape index (κ1) is 18.1. The molecule has 4 nitrogen and oxygen atoms in total. The van der Waals surface area contributed by atoms with Crippen molar-refractivity contribution in [2.45, 2.75) is 77.6 Å². The second kappa shape index (κ2) is 12.7. The van der Waals surface area contributed by atoms with E-state index in [1.807, 2.05) is 0 Å². The van der Waals surface area contributed by atoms with Crippen molar-refractivity contribution in [3.05, 3.63) is 10.5 Å². The van der Waals surface area contributed by atoms with Gasteiger partial charge in [-0.15, -0.1) is 21.5 Å². The van der Waals surface area contributed by atoms with Gasteiger partial charge in [0.1, 0.15) is 10.5 Å². The molecule has 1 rings (SSSR count). The molecular weight excluding hydrogens is 282 g/mol. The van der Waals surface area contributed by atoms with E-state index in [9.17, 15) is 4.79 Å². The van der Waals surface area contributed by atoms with Crippen LogP contribution in [-0.2, 0) is 11.2 Å². The molecule has 21 heavy (non-hydrogen) atoms. The van der Waals surface area contributed by atoms with Crippen molar-refractivity contribution >= 4 is 17.2 Å². The lowest BCUT2D eigenvalue weighted by Gasteiger charge is -2.04. The van der Waals surface area contributed by atoms with Crippen molar-refractivity contribution in [3.8, 4) is 0 Å². The van der Waals surface area contributed by atoms with E-state index in [-0.39, 0.29) is 5.91 Å². The topological polar surface area (TPSA) is 54.9 Å². The molecule has 0 saturated heterocycles. The molecule has 0 atom stereocenters. The first-order valence-electron chi connectivity index (χ1n) is 8.34. The molecule has 120 valence electrons. The fourth-order valence-electron chi connectivity index (χ4n) is 2.28. The second-order valence-corrected chi connectivity index (χ2v) is 6.43. The van der Waals surface area contributed by atoms with E-state index in [4.69, 9.17) is 0 Å². The third-order valence-corrected chi connectivity index (χ3v) is 4.31. The molecule has 0 aromatic carbocycles. The molecule has 1 heterocycles. The predicted molar refractivity (Wildman–Crippen MR) is 88.5 cm³/mol. The Kier molecular flexibility index (Phi) is 11.0. The molecular formula is C16H29N3OS. The fourth-order valence-corrected chi connectivity index (χ4v) is 2.85. The van der Waals surface area contributed by atoms with Crippen molar-refractivity contribution < 1.29 is 4.79 Å². The van der Waals surface area contributed by atoms with Crippen LogP contribution in [0.3, 0.4) is 0 Å². The summed E-state index contributed by atoms with van der Waals surface area (Å²) in [5, 5.41) is 11.8. The fraction of sp³-hybridized carbons (Fsp3) is 0.812. The lowest BCUT2D eigenvalue weighted by atomic mass is 10.1. The van der Waals surface area contributed by atoms with Gasteiger partial charge < -0.3 is 5.32 Å². The normalized spacial score (nSPS) is 10.7. The largest absolute Gasteiger partial charge is 0.356 e. The number of carbonyl (C=O) groups excluding carboxylic acids is 1. The molecule has 1 N–H and O–H groups in total. The van der Waals surface area contributed by atoms with Crippen LogP contribution in [0.2, 0.25) is 0 Å². The number of amides is 1. The first-order chi connectivity index (χ1) is 10.3. The minimum absolute atomic E-state index is 0.193. The van der Waals surface area contributed by atoms with Crippen LogP contribution in [0.15, 0.2) is 5.51 Å². The van der Waals surface area contributed by atoms with Crippen molar-refractivity contribution in [2.75, 3.05) is 6.54 Å². The highest BCUT2D eigenvalue weighted by Gasteiger charge is 2.01. The van der Waals surface area contributed by atoms with Gasteiger partial charge in [0.15, 0.2) is 0 Å². The Morgan fingerprint density at radius 2 is 1.81 bits per heavy atom. The lowest BCUT2D eigenvalue weighted by Crippen LogP contribution is -2.24. The van der Waals surface area contributed by atoms with Gasteiger partial charge in [0.25, 0.3) is 0 Å². The number of aryl methyl sites for hydroxylation is 1. The number of nitrogens with one attached hydrogen (secondary N) is 1. The summed E-state index contributed by atoms with van der Waals surface area (Å²) >= 11 is 1.57. The Hall–Kier alpha value is -0.970. The minimum atomic E-state index is 0.193. The first-order valence-corrected chi connectivity index (χ1v) is 9.22. The van der Waals surface area contributed by atoms with Gasteiger partial charge >= 0.3 is 0 Å². The Labute approximate surface area is 132 Å². The number of aromatic nitrogens is 2. The summed E-state index contributed by atoms with van der Waals surface area (Å²) in [7, 11) is 0. The smallest absolute Gasteiger partial charge is 0.219 e. The maximum absolute atomic E-state index is 11.6. The molecule has 0 unspecified atom stereocenters. The summed E-state index contributed by atoms with van der Waals surface area (Å²) in [4.78, 5) is 11.6. The van der Waals surface area contributed by atoms with Crippen LogP contribution >= 0.6 is 11.3 Å². The summed E-state index contributed by atoms with van der Waals surface area (Å²) < 4.78 is 0. The second-order valence-electron chi connectivity index (χ2n) is 5.51. The van der Waals surface area contributed by atoms with Crippen LogP contribution < -0.4 is 5.32 Å². The van der Waals surface area contributed by atoms with Gasteiger partial charge in [-0.2, -0.15) is 0 Å². The Morgan fingerprint density at radius 3 is 2.48 bits per heavy atom. The zero-order valence-corrected chi connectivity index (χ0v) is 14.1. The number of hydrogen-bond acceptors (Lipinski definition) is 4. The third kappa shape index (κ3) is 10.4. The van der Waals surface area contributed by atoms with Crippen molar-refractivity contribution in [3.63, 3.8) is 0 Å². The molecule has 0 spiro atoms. The molecule has 0 saturated carbocycles. The van der Waals surface area contributed by atoms with Gasteiger partial charge in [-0.3, -0.25) is 4.79 Å². The highest BCUT2D eigenvalue weighted by atomic mass is 32.1. The molecule has 0 aliphatic rings. The van der Waals surface area contributed by atoms with E-state index in [1.54, 1.807) is 16.8 Å². The molecule has 0 bridgehead atoms. The maximum Gasteiger partial charge on any atom is 0.219 e. The van der Waals surface area contributed by atoms with E-state index in [0.717, 1.165) is 30.8 Å². The SMILES string of the molecule is CCCCCCCCCCC(=O)NCCCc1nncs1. The highest BCUT2D eigenvalue weighted by molar-refractivity contribution is 7.09. The van der Waals surface area contributed by atoms with Gasteiger partial charge in [0.2, 0.25) is 5.91 Å². The van der Waals surface area contributed by atoms with Crippen LogP contribution in [-0.4, -0.2) is 22.6 Å². The van der Waals surface area contributed by atoms with Gasteiger partial charge in [-0.25, -0.2) is 0 Å². The van der Waals surface area contributed by atoms with E-state index in [1.165, 1.54) is 44.9 Å². The van der Waals surface area contributed by atoms with Crippen LogP contribution in [0.25, 0.3) is 0 Å². The van der Waals surface area contributed by atoms with Crippen LogP contribution in [0, 0.1) is 0 Å². The zero-order valence-electron chi connectivity index (χ0n) is 13.3. The van der Waals surface area contributed by atoms with Crippen molar-refractivity contribution in [1.29, 1.82) is 0 Å². The summed E-state index contributed by atoms with van der Waals surface area (Å²) in [6.45, 7) is 2.99. The Bertz CT molecular complexity index is 354. The summed E-state index contributed by atoms with van der Waals surface area (Å²) in [6.07, 6.45) is 12.7. The zero-order chi connectivity index (χ0) is 15.2. The summed E-state index contributed by atoms with van der Waals surface area (Å²) in [6, 6.07) is 0. The number of hydrogen-bond donors (Lipinski definition) is 1. The number of carbonyl (C=O) groups is 1. The standard InChI is InChI=1S/C16H29N3OS/c1-2-3-4-5-6-7-8-9-11-15(20)17-13-10-12-16-19-18-14-21-16/h14H,2-13H2,1H3,(H,17,20). The number of rotatable bonds is 13. The molecule has 1 aromatic heterocycles. The quantitative estimate of drug-likeness (QED) is 0.558. The average molecular weight is 311 g/mol. The maximum atomic E-state index is 11.6. The Balaban J connectivity index is 1.83. The molecule has 0 aliphatic carbocycles. The molecule has 1 amide bonds. The average Bonchev–Trinajstić information content (AvgIpc) is 3.00. The molecule has 5 heteroatoms. The van der Waals surface area contributed by atoms with E-state index < -0.39 is 0 Å². The summed E-state index contributed by atoms with van der Waals surface area (Å²) in [5.74, 6) is 0.193. The van der Waals surface area contributed by atoms with Crippen molar-refractivity contribution in [2.24, 2.45) is 0 Å². The van der Waals surface area contributed by atoms with E-state index >= 15 is 0 Å². The highest BCUT2D eigenvalue weighted by Crippen LogP contribution is 2.09. The lowest BCUT2D eigenvalue weighted by molar-refractivity contribution is -0.121. The Morgan fingerprint density at radius 1 is 1.10 bits per heavy atom. The van der Waals surface area contributed by atoms with E-state index in [0.29, 0.717) is 6.42 Å². The third-order valence-electron chi connectivity index (χ3n) is 3.55. The van der Waals surface area contributed by atoms with Gasteiger partial charge in [-0.05, 0) is 12.8 Å². The predicted octanol–water partition coefficient (Wildman–Crippen LogP) is 4.12. The van der Waals surface area contributed by atoms with Crippen LogP contribution in [0.4, 0.5) is 0 Å². The van der Waals surface area contributed by atoms with Crippen LogP contribution in [0.5, 0.6) is 0 Å². The monoisotopic (exact) mass is 311 g/mol. The van der Waals surface area contributed by atoms with E-state index in [2.05, 4.69) is 22.4 Å². The number of unbranched alkanes of at least 4 members (excludes halogenated alkanes) is 7. The van der Waals surface area contributed by atoms with Crippen LogP contribution in [0.1, 0.15) is 76.1 Å². The van der Waals surface area contributed by atoms with Crippen molar-refractivity contribution in [1.82, 2.24) is 15.5 Å². The molecule has 0 radical (unpaired) electrons. The minimum Gasteiger partial charge on any atom is -0.356 e. The van der Waals surface area contributed by atoms with Gasteiger partial charge in [0, 0.05) is 19.4 Å². The van der Waals surface area contributed by atoms with Gasteiger partial charge in [-0.1, -0.05) is 51.9 Å². The summed E-state index contributed by atoms with van der Waals surface area (Å²) in [5.41, 5.74) is 1.75. The molecule has 0 aliphatic heterocycles. The van der Waals surface area contributed by atoms with Gasteiger partial charge in [0.05, 0.1) is 0 Å².